The third-order valence-corrected chi connectivity index (χ3v) is 4.98. The first-order chi connectivity index (χ1) is 11.7. The molecule has 24 heavy (non-hydrogen) atoms. The minimum atomic E-state index is -0.225. The van der Waals surface area contributed by atoms with Crippen LogP contribution in [-0.2, 0) is 0 Å². The molecule has 0 aliphatic carbocycles. The van der Waals surface area contributed by atoms with Crippen LogP contribution in [0.15, 0.2) is 47.8 Å². The molecule has 120 valence electrons. The molecule has 1 amide bonds. The van der Waals surface area contributed by atoms with Crippen molar-refractivity contribution in [2.24, 2.45) is 0 Å². The lowest BCUT2D eigenvalue weighted by Gasteiger charge is -2.03. The number of amides is 1. The maximum Gasteiger partial charge on any atom is 0.257 e. The summed E-state index contributed by atoms with van der Waals surface area (Å²) >= 11 is 3.66. The summed E-state index contributed by atoms with van der Waals surface area (Å²) in [4.78, 5) is 16.8. The summed E-state index contributed by atoms with van der Waals surface area (Å²) < 4.78 is 11.7. The van der Waals surface area contributed by atoms with Gasteiger partial charge in [-0.2, -0.15) is 0 Å². The zero-order chi connectivity index (χ0) is 16.5. The molecule has 0 saturated carbocycles. The Morgan fingerprint density at radius 3 is 2.75 bits per heavy atom. The van der Waals surface area contributed by atoms with Crippen molar-refractivity contribution >= 4 is 45.0 Å². The number of thiazole rings is 1. The SMILES string of the molecule is O=C(Nc1nc(-c2ccc(I)cc2)cs1)c1ccc2c(c1)OCO2. The number of anilines is 1. The van der Waals surface area contributed by atoms with Crippen LogP contribution in [-0.4, -0.2) is 17.7 Å². The Morgan fingerprint density at radius 2 is 1.92 bits per heavy atom. The van der Waals surface area contributed by atoms with Crippen LogP contribution in [0.1, 0.15) is 10.4 Å². The number of halogens is 1. The Morgan fingerprint density at radius 1 is 1.12 bits per heavy atom. The standard InChI is InChI=1S/C17H11IN2O3S/c18-12-4-1-10(2-5-12)13-8-24-17(19-13)20-16(21)11-3-6-14-15(7-11)23-9-22-14/h1-8H,9H2,(H,19,20,21). The minimum Gasteiger partial charge on any atom is -0.454 e. The first-order valence-corrected chi connectivity index (χ1v) is 9.07. The third kappa shape index (κ3) is 3.09. The lowest BCUT2D eigenvalue weighted by molar-refractivity contribution is 0.102. The molecule has 3 aromatic rings. The van der Waals surface area contributed by atoms with Gasteiger partial charge in [0.2, 0.25) is 6.79 Å². The normalized spacial score (nSPS) is 12.2. The van der Waals surface area contributed by atoms with Gasteiger partial charge in [-0.3, -0.25) is 10.1 Å². The molecule has 2 heterocycles. The molecule has 0 radical (unpaired) electrons. The zero-order valence-electron chi connectivity index (χ0n) is 12.3. The molecular weight excluding hydrogens is 439 g/mol. The highest BCUT2D eigenvalue weighted by molar-refractivity contribution is 14.1. The number of rotatable bonds is 3. The largest absolute Gasteiger partial charge is 0.454 e. The van der Waals surface area contributed by atoms with E-state index in [1.165, 1.54) is 14.9 Å². The first-order valence-electron chi connectivity index (χ1n) is 7.11. The van der Waals surface area contributed by atoms with Crippen LogP contribution < -0.4 is 14.8 Å². The fourth-order valence-corrected chi connectivity index (χ4v) is 3.37. The van der Waals surface area contributed by atoms with E-state index in [2.05, 4.69) is 32.9 Å². The topological polar surface area (TPSA) is 60.5 Å². The predicted octanol–water partition coefficient (Wildman–Crippen LogP) is 4.40. The van der Waals surface area contributed by atoms with Gasteiger partial charge in [-0.05, 0) is 52.9 Å². The Labute approximate surface area is 155 Å². The molecule has 2 aromatic carbocycles. The summed E-state index contributed by atoms with van der Waals surface area (Å²) in [6.07, 6.45) is 0. The van der Waals surface area contributed by atoms with Crippen molar-refractivity contribution in [3.63, 3.8) is 0 Å². The summed E-state index contributed by atoms with van der Waals surface area (Å²) in [5.41, 5.74) is 2.37. The zero-order valence-corrected chi connectivity index (χ0v) is 15.3. The summed E-state index contributed by atoms with van der Waals surface area (Å²) in [5, 5.41) is 5.31. The quantitative estimate of drug-likeness (QED) is 0.602. The van der Waals surface area contributed by atoms with Gasteiger partial charge in [0.25, 0.3) is 5.91 Å². The number of hydrogen-bond acceptors (Lipinski definition) is 5. The van der Waals surface area contributed by atoms with Crippen molar-refractivity contribution in [1.29, 1.82) is 0 Å². The Bertz CT molecular complexity index is 908. The molecule has 0 fully saturated rings. The predicted molar refractivity (Wildman–Crippen MR) is 101 cm³/mol. The lowest BCUT2D eigenvalue weighted by Crippen LogP contribution is -2.11. The molecule has 0 bridgehead atoms. The van der Waals surface area contributed by atoms with Crippen molar-refractivity contribution < 1.29 is 14.3 Å². The molecule has 4 rings (SSSR count). The van der Waals surface area contributed by atoms with Crippen LogP contribution in [0.4, 0.5) is 5.13 Å². The number of fused-ring (bicyclic) bond motifs is 1. The van der Waals surface area contributed by atoms with E-state index < -0.39 is 0 Å². The second-order valence-corrected chi connectivity index (χ2v) is 7.17. The van der Waals surface area contributed by atoms with Gasteiger partial charge in [0.15, 0.2) is 16.6 Å². The van der Waals surface area contributed by atoms with E-state index in [1.54, 1.807) is 18.2 Å². The van der Waals surface area contributed by atoms with Crippen LogP contribution in [0.3, 0.4) is 0 Å². The number of aromatic nitrogens is 1. The Balaban J connectivity index is 1.51. The van der Waals surface area contributed by atoms with Gasteiger partial charge < -0.3 is 9.47 Å². The minimum absolute atomic E-state index is 0.187. The number of carbonyl (C=O) groups excluding carboxylic acids is 1. The maximum atomic E-state index is 12.4. The highest BCUT2D eigenvalue weighted by Gasteiger charge is 2.17. The van der Waals surface area contributed by atoms with E-state index in [9.17, 15) is 4.79 Å². The Hall–Kier alpha value is -2.13. The number of nitrogens with one attached hydrogen (secondary N) is 1. The van der Waals surface area contributed by atoms with Crippen molar-refractivity contribution in [3.05, 3.63) is 57.0 Å². The monoisotopic (exact) mass is 450 g/mol. The molecule has 1 N–H and O–H groups in total. The van der Waals surface area contributed by atoms with Crippen LogP contribution in [0, 0.1) is 3.57 Å². The number of nitrogens with zero attached hydrogens (tertiary/aromatic N) is 1. The van der Waals surface area contributed by atoms with E-state index >= 15 is 0 Å². The van der Waals surface area contributed by atoms with Crippen molar-refractivity contribution in [1.82, 2.24) is 4.98 Å². The van der Waals surface area contributed by atoms with Crippen molar-refractivity contribution in [3.8, 4) is 22.8 Å². The van der Waals surface area contributed by atoms with E-state index in [-0.39, 0.29) is 12.7 Å². The fraction of sp³-hybridized carbons (Fsp3) is 0.0588. The fourth-order valence-electron chi connectivity index (χ4n) is 2.29. The van der Waals surface area contributed by atoms with Gasteiger partial charge in [0, 0.05) is 20.1 Å². The van der Waals surface area contributed by atoms with Gasteiger partial charge >= 0.3 is 0 Å². The summed E-state index contributed by atoms with van der Waals surface area (Å²) in [6, 6.07) is 13.2. The van der Waals surface area contributed by atoms with Crippen LogP contribution >= 0.6 is 33.9 Å². The van der Waals surface area contributed by atoms with Gasteiger partial charge in [0.05, 0.1) is 5.69 Å². The van der Waals surface area contributed by atoms with Gasteiger partial charge in [-0.15, -0.1) is 11.3 Å². The molecule has 5 nitrogen and oxygen atoms in total. The summed E-state index contributed by atoms with van der Waals surface area (Å²) in [6.45, 7) is 0.187. The second-order valence-electron chi connectivity index (χ2n) is 5.07. The number of ether oxygens (including phenoxy) is 2. The van der Waals surface area contributed by atoms with Crippen molar-refractivity contribution in [2.75, 3.05) is 12.1 Å². The van der Waals surface area contributed by atoms with Gasteiger partial charge in [-0.1, -0.05) is 12.1 Å². The van der Waals surface area contributed by atoms with E-state index in [1.807, 2.05) is 29.6 Å². The molecule has 7 heteroatoms. The van der Waals surface area contributed by atoms with E-state index in [0.717, 1.165) is 11.3 Å². The summed E-state index contributed by atoms with van der Waals surface area (Å²) in [5.74, 6) is 1.01. The number of carbonyl (C=O) groups is 1. The first kappa shape index (κ1) is 15.4. The Kier molecular flexibility index (Phi) is 4.11. The molecule has 0 spiro atoms. The highest BCUT2D eigenvalue weighted by atomic mass is 127. The average Bonchev–Trinajstić information content (AvgIpc) is 3.24. The highest BCUT2D eigenvalue weighted by Crippen LogP contribution is 2.33. The van der Waals surface area contributed by atoms with Crippen LogP contribution in [0.5, 0.6) is 11.5 Å². The molecule has 0 unspecified atom stereocenters. The van der Waals surface area contributed by atoms with E-state index in [4.69, 9.17) is 9.47 Å². The molecule has 1 aromatic heterocycles. The van der Waals surface area contributed by atoms with Crippen LogP contribution in [0.25, 0.3) is 11.3 Å². The molecule has 0 atom stereocenters. The second kappa shape index (κ2) is 6.40. The van der Waals surface area contributed by atoms with Crippen molar-refractivity contribution in [2.45, 2.75) is 0 Å². The maximum absolute atomic E-state index is 12.4. The average molecular weight is 450 g/mol. The summed E-state index contributed by atoms with van der Waals surface area (Å²) in [7, 11) is 0. The van der Waals surface area contributed by atoms with Gasteiger partial charge in [0.1, 0.15) is 0 Å². The molecular formula is C17H11IN2O3S. The number of hydrogen-bond donors (Lipinski definition) is 1. The molecule has 0 saturated heterocycles. The number of benzene rings is 2. The lowest BCUT2D eigenvalue weighted by atomic mass is 10.2. The third-order valence-electron chi connectivity index (χ3n) is 3.50. The smallest absolute Gasteiger partial charge is 0.257 e. The van der Waals surface area contributed by atoms with E-state index in [0.29, 0.717) is 22.2 Å². The molecule has 1 aliphatic rings. The van der Waals surface area contributed by atoms with Crippen LogP contribution in [0.2, 0.25) is 0 Å². The van der Waals surface area contributed by atoms with Gasteiger partial charge in [-0.25, -0.2) is 4.98 Å². The molecule has 1 aliphatic heterocycles.